The van der Waals surface area contributed by atoms with Crippen molar-refractivity contribution >= 4 is 0 Å². The number of benzene rings is 2. The first kappa shape index (κ1) is 15.5. The molecule has 0 fully saturated rings. The van der Waals surface area contributed by atoms with Crippen LogP contribution in [0, 0.1) is 27.7 Å². The maximum atomic E-state index is 2.31. The van der Waals surface area contributed by atoms with Gasteiger partial charge < -0.3 is 0 Å². The smallest absolute Gasteiger partial charge is 0.194 e. The minimum Gasteiger partial charge on any atom is -0.194 e. The lowest BCUT2D eigenvalue weighted by Gasteiger charge is -2.11. The fraction of sp³-hybridized carbons (Fsp3) is 0.227. The van der Waals surface area contributed by atoms with Crippen LogP contribution in [0.3, 0.4) is 0 Å². The molecule has 3 rings (SSSR count). The molecule has 0 aliphatic rings. The van der Waals surface area contributed by atoms with Gasteiger partial charge in [0.15, 0.2) is 0 Å². The second-order valence-electron chi connectivity index (χ2n) is 6.42. The van der Waals surface area contributed by atoms with Gasteiger partial charge in [-0.25, -0.2) is 0 Å². The molecule has 0 atom stereocenters. The summed E-state index contributed by atoms with van der Waals surface area (Å²) in [6.45, 7) is 8.73. The van der Waals surface area contributed by atoms with Crippen molar-refractivity contribution in [2.45, 2.75) is 27.7 Å². The molecule has 1 heteroatoms. The van der Waals surface area contributed by atoms with Gasteiger partial charge in [-0.2, -0.15) is 4.57 Å². The number of aryl methyl sites for hydroxylation is 4. The van der Waals surface area contributed by atoms with Crippen LogP contribution in [-0.4, -0.2) is 0 Å². The molecule has 0 radical (unpaired) electrons. The van der Waals surface area contributed by atoms with E-state index in [0.29, 0.717) is 0 Å². The summed E-state index contributed by atoms with van der Waals surface area (Å²) in [4.78, 5) is 0. The number of rotatable bonds is 2. The molecule has 0 saturated carbocycles. The zero-order valence-corrected chi connectivity index (χ0v) is 14.6. The molecule has 0 saturated heterocycles. The summed E-state index contributed by atoms with van der Waals surface area (Å²) >= 11 is 0. The molecule has 0 bridgehead atoms. The molecule has 2 aromatic carbocycles. The first-order chi connectivity index (χ1) is 11.0. The van der Waals surface area contributed by atoms with Crippen molar-refractivity contribution in [2.75, 3.05) is 0 Å². The van der Waals surface area contributed by atoms with Crippen molar-refractivity contribution < 1.29 is 4.57 Å². The van der Waals surface area contributed by atoms with E-state index in [1.807, 2.05) is 0 Å². The second-order valence-corrected chi connectivity index (χ2v) is 6.42. The van der Waals surface area contributed by atoms with Crippen LogP contribution in [0.5, 0.6) is 0 Å². The highest BCUT2D eigenvalue weighted by molar-refractivity contribution is 5.66. The molecule has 3 aromatic rings. The van der Waals surface area contributed by atoms with E-state index in [9.17, 15) is 0 Å². The van der Waals surface area contributed by atoms with Gasteiger partial charge in [0.2, 0.25) is 11.4 Å². The highest BCUT2D eigenvalue weighted by Crippen LogP contribution is 2.27. The van der Waals surface area contributed by atoms with Crippen molar-refractivity contribution in [2.24, 2.45) is 7.05 Å². The standard InChI is InChI=1S/C22H24N/c1-15-9-6-7-10-19(15)21-11-8-12-22(23(21)5)20-14-17(3)16(2)13-18(20)4/h6-14H,1-5H3/q+1. The van der Waals surface area contributed by atoms with Crippen LogP contribution < -0.4 is 4.57 Å². The minimum absolute atomic E-state index is 1.25. The SMILES string of the molecule is Cc1cc(C)c(-c2cccc(-c3ccccc3C)[n+]2C)cc1C. The van der Waals surface area contributed by atoms with E-state index in [-0.39, 0.29) is 0 Å². The van der Waals surface area contributed by atoms with Gasteiger partial charge in [-0.05, 0) is 68.1 Å². The van der Waals surface area contributed by atoms with Crippen LogP contribution >= 0.6 is 0 Å². The molecule has 0 aliphatic heterocycles. The highest BCUT2D eigenvalue weighted by Gasteiger charge is 2.19. The van der Waals surface area contributed by atoms with E-state index < -0.39 is 0 Å². The minimum atomic E-state index is 1.25. The average molecular weight is 302 g/mol. The lowest BCUT2D eigenvalue weighted by molar-refractivity contribution is -0.649. The molecule has 0 amide bonds. The Labute approximate surface area is 139 Å². The maximum absolute atomic E-state index is 2.31. The summed E-state index contributed by atoms with van der Waals surface area (Å²) in [5.41, 5.74) is 10.4. The molecule has 0 N–H and O–H groups in total. The summed E-state index contributed by atoms with van der Waals surface area (Å²) in [7, 11) is 2.16. The van der Waals surface area contributed by atoms with Crippen molar-refractivity contribution in [3.63, 3.8) is 0 Å². The molecule has 0 unspecified atom stereocenters. The summed E-state index contributed by atoms with van der Waals surface area (Å²) in [5, 5.41) is 0. The van der Waals surface area contributed by atoms with Crippen LogP contribution in [0.2, 0.25) is 0 Å². The quantitative estimate of drug-likeness (QED) is 0.581. The summed E-state index contributed by atoms with van der Waals surface area (Å²) in [6.07, 6.45) is 0. The Balaban J connectivity index is 2.22. The zero-order chi connectivity index (χ0) is 16.6. The summed E-state index contributed by atoms with van der Waals surface area (Å²) in [5.74, 6) is 0. The van der Waals surface area contributed by atoms with E-state index in [2.05, 4.69) is 93.9 Å². The van der Waals surface area contributed by atoms with Crippen molar-refractivity contribution in [1.82, 2.24) is 0 Å². The molecular weight excluding hydrogens is 278 g/mol. The average Bonchev–Trinajstić information content (AvgIpc) is 2.52. The predicted octanol–water partition coefficient (Wildman–Crippen LogP) is 5.08. The number of pyridine rings is 1. The van der Waals surface area contributed by atoms with E-state index in [0.717, 1.165) is 0 Å². The third kappa shape index (κ3) is 2.79. The number of nitrogens with zero attached hydrogens (tertiary/aromatic N) is 1. The Morgan fingerprint density at radius 2 is 1.17 bits per heavy atom. The lowest BCUT2D eigenvalue weighted by Crippen LogP contribution is -2.34. The Bertz CT molecular complexity index is 875. The molecule has 1 aromatic heterocycles. The first-order valence-corrected chi connectivity index (χ1v) is 8.12. The van der Waals surface area contributed by atoms with Crippen molar-refractivity contribution in [3.05, 3.63) is 76.9 Å². The Morgan fingerprint density at radius 3 is 1.87 bits per heavy atom. The largest absolute Gasteiger partial charge is 0.213 e. The normalized spacial score (nSPS) is 10.8. The lowest BCUT2D eigenvalue weighted by atomic mass is 9.97. The second kappa shape index (κ2) is 6.00. The Hall–Kier alpha value is -2.41. The predicted molar refractivity (Wildman–Crippen MR) is 97.4 cm³/mol. The van der Waals surface area contributed by atoms with Crippen LogP contribution in [0.1, 0.15) is 22.3 Å². The van der Waals surface area contributed by atoms with Gasteiger partial charge in [-0.15, -0.1) is 0 Å². The fourth-order valence-electron chi connectivity index (χ4n) is 3.22. The van der Waals surface area contributed by atoms with Gasteiger partial charge in [-0.3, -0.25) is 0 Å². The number of aromatic nitrogens is 1. The fourth-order valence-corrected chi connectivity index (χ4v) is 3.22. The van der Waals surface area contributed by atoms with Crippen LogP contribution in [0.4, 0.5) is 0 Å². The molecule has 116 valence electrons. The molecule has 1 heterocycles. The van der Waals surface area contributed by atoms with Crippen molar-refractivity contribution in [1.29, 1.82) is 0 Å². The van der Waals surface area contributed by atoms with E-state index in [1.54, 1.807) is 0 Å². The Morgan fingerprint density at radius 1 is 0.565 bits per heavy atom. The van der Waals surface area contributed by atoms with Gasteiger partial charge in [0.1, 0.15) is 7.05 Å². The summed E-state index contributed by atoms with van der Waals surface area (Å²) < 4.78 is 2.30. The van der Waals surface area contributed by atoms with E-state index in [4.69, 9.17) is 0 Å². The first-order valence-electron chi connectivity index (χ1n) is 8.12. The van der Waals surface area contributed by atoms with Gasteiger partial charge in [0.05, 0.1) is 0 Å². The molecule has 0 spiro atoms. The van der Waals surface area contributed by atoms with Gasteiger partial charge in [0.25, 0.3) is 0 Å². The highest BCUT2D eigenvalue weighted by atomic mass is 14.9. The van der Waals surface area contributed by atoms with Gasteiger partial charge in [-0.1, -0.05) is 24.3 Å². The topological polar surface area (TPSA) is 3.88 Å². The van der Waals surface area contributed by atoms with Crippen LogP contribution in [0.25, 0.3) is 22.5 Å². The zero-order valence-electron chi connectivity index (χ0n) is 14.6. The maximum Gasteiger partial charge on any atom is 0.213 e. The molecule has 23 heavy (non-hydrogen) atoms. The molecule has 0 aliphatic carbocycles. The van der Waals surface area contributed by atoms with Crippen LogP contribution in [0.15, 0.2) is 54.6 Å². The van der Waals surface area contributed by atoms with E-state index in [1.165, 1.54) is 44.8 Å². The van der Waals surface area contributed by atoms with Crippen LogP contribution in [-0.2, 0) is 7.05 Å². The molecular formula is C22H24N+. The van der Waals surface area contributed by atoms with Gasteiger partial charge >= 0.3 is 0 Å². The Kier molecular flexibility index (Phi) is 4.04. The number of hydrogen-bond donors (Lipinski definition) is 0. The van der Waals surface area contributed by atoms with E-state index >= 15 is 0 Å². The van der Waals surface area contributed by atoms with Crippen molar-refractivity contribution in [3.8, 4) is 22.5 Å². The summed E-state index contributed by atoms with van der Waals surface area (Å²) in [6, 6.07) is 19.7. The third-order valence-electron chi connectivity index (χ3n) is 4.77. The third-order valence-corrected chi connectivity index (χ3v) is 4.77. The monoisotopic (exact) mass is 302 g/mol. The van der Waals surface area contributed by atoms with Gasteiger partial charge in [0, 0.05) is 23.3 Å². The molecule has 1 nitrogen and oxygen atoms in total. The number of hydrogen-bond acceptors (Lipinski definition) is 0.